The van der Waals surface area contributed by atoms with Crippen LogP contribution in [-0.2, 0) is 4.79 Å². The summed E-state index contributed by atoms with van der Waals surface area (Å²) >= 11 is 0. The van der Waals surface area contributed by atoms with E-state index in [2.05, 4.69) is 12.2 Å². The van der Waals surface area contributed by atoms with Crippen molar-refractivity contribution in [2.24, 2.45) is 17.8 Å². The molecule has 2 fully saturated rings. The van der Waals surface area contributed by atoms with Gasteiger partial charge in [-0.25, -0.2) is 4.79 Å². The predicted molar refractivity (Wildman–Crippen MR) is 81.0 cm³/mol. The van der Waals surface area contributed by atoms with Gasteiger partial charge in [0.15, 0.2) is 0 Å². The first-order chi connectivity index (χ1) is 10.0. The lowest BCUT2D eigenvalue weighted by Crippen LogP contribution is -2.47. The van der Waals surface area contributed by atoms with Crippen molar-refractivity contribution in [3.8, 4) is 0 Å². The van der Waals surface area contributed by atoms with E-state index in [0.29, 0.717) is 19.0 Å². The number of carboxylic acids is 1. The van der Waals surface area contributed by atoms with E-state index in [0.717, 1.165) is 6.42 Å². The Morgan fingerprint density at radius 1 is 1.24 bits per heavy atom. The molecule has 1 aliphatic heterocycles. The maximum absolute atomic E-state index is 12.4. The minimum Gasteiger partial charge on any atom is -0.481 e. The standard InChI is InChI=1S/C16H28N2O3/c1-3-14(12-7-5-4-6-8-12)17-16(21)18-9-11(2)13(10-18)15(19)20/h11-14H,3-10H2,1-2H3,(H,17,21)(H,19,20)/t11-,13-,14?/m1/s1. The fourth-order valence-corrected chi connectivity index (χ4v) is 3.79. The van der Waals surface area contributed by atoms with Gasteiger partial charge in [-0.05, 0) is 31.1 Å². The van der Waals surface area contributed by atoms with Crippen molar-refractivity contribution < 1.29 is 14.7 Å². The molecule has 2 N–H and O–H groups in total. The van der Waals surface area contributed by atoms with Gasteiger partial charge >= 0.3 is 12.0 Å². The highest BCUT2D eigenvalue weighted by Gasteiger charge is 2.37. The number of likely N-dealkylation sites (tertiary alicyclic amines) is 1. The third-order valence-electron chi connectivity index (χ3n) is 5.18. The molecule has 120 valence electrons. The van der Waals surface area contributed by atoms with Crippen LogP contribution in [0, 0.1) is 17.8 Å². The molecule has 0 aromatic heterocycles. The van der Waals surface area contributed by atoms with Crippen LogP contribution in [0.5, 0.6) is 0 Å². The molecule has 21 heavy (non-hydrogen) atoms. The van der Waals surface area contributed by atoms with Crippen molar-refractivity contribution in [1.29, 1.82) is 0 Å². The van der Waals surface area contributed by atoms with Gasteiger partial charge in [-0.2, -0.15) is 0 Å². The fourth-order valence-electron chi connectivity index (χ4n) is 3.79. The highest BCUT2D eigenvalue weighted by Crippen LogP contribution is 2.28. The molecule has 0 spiro atoms. The smallest absolute Gasteiger partial charge is 0.317 e. The van der Waals surface area contributed by atoms with Gasteiger partial charge in [-0.15, -0.1) is 0 Å². The van der Waals surface area contributed by atoms with E-state index in [1.807, 2.05) is 6.92 Å². The van der Waals surface area contributed by atoms with Crippen molar-refractivity contribution in [2.45, 2.75) is 58.4 Å². The lowest BCUT2D eigenvalue weighted by Gasteiger charge is -2.31. The first kappa shape index (κ1) is 16.1. The number of nitrogens with zero attached hydrogens (tertiary/aromatic N) is 1. The molecule has 0 aromatic rings. The van der Waals surface area contributed by atoms with Crippen LogP contribution in [0.3, 0.4) is 0 Å². The minimum atomic E-state index is -0.794. The normalized spacial score (nSPS) is 28.4. The molecule has 0 radical (unpaired) electrons. The quantitative estimate of drug-likeness (QED) is 0.838. The Kier molecular flexibility index (Phi) is 5.48. The maximum atomic E-state index is 12.4. The zero-order valence-corrected chi connectivity index (χ0v) is 13.2. The fraction of sp³-hybridized carbons (Fsp3) is 0.875. The molecular formula is C16H28N2O3. The van der Waals surface area contributed by atoms with Gasteiger partial charge in [0.25, 0.3) is 0 Å². The number of carbonyl (C=O) groups excluding carboxylic acids is 1. The minimum absolute atomic E-state index is 0.0306. The molecule has 2 aliphatic rings. The van der Waals surface area contributed by atoms with Crippen LogP contribution in [0.15, 0.2) is 0 Å². The van der Waals surface area contributed by atoms with Crippen LogP contribution in [-0.4, -0.2) is 41.1 Å². The van der Waals surface area contributed by atoms with Gasteiger partial charge in [-0.1, -0.05) is 33.1 Å². The third kappa shape index (κ3) is 3.89. The molecule has 1 heterocycles. The Hall–Kier alpha value is -1.26. The molecular weight excluding hydrogens is 268 g/mol. The summed E-state index contributed by atoms with van der Waals surface area (Å²) in [5.74, 6) is -0.603. The van der Waals surface area contributed by atoms with Gasteiger partial charge in [0.1, 0.15) is 0 Å². The number of carbonyl (C=O) groups is 2. The van der Waals surface area contributed by atoms with Gasteiger partial charge < -0.3 is 15.3 Å². The molecule has 1 saturated carbocycles. The molecule has 1 aliphatic carbocycles. The molecule has 5 heteroatoms. The van der Waals surface area contributed by atoms with Crippen molar-refractivity contribution in [2.75, 3.05) is 13.1 Å². The Balaban J connectivity index is 1.89. The summed E-state index contributed by atoms with van der Waals surface area (Å²) in [5.41, 5.74) is 0. The summed E-state index contributed by atoms with van der Waals surface area (Å²) in [6, 6.07) is 0.153. The second-order valence-corrected chi connectivity index (χ2v) is 6.69. The van der Waals surface area contributed by atoms with Crippen LogP contribution in [0.2, 0.25) is 0 Å². The zero-order valence-electron chi connectivity index (χ0n) is 13.2. The van der Waals surface area contributed by atoms with Crippen molar-refractivity contribution in [3.05, 3.63) is 0 Å². The van der Waals surface area contributed by atoms with Gasteiger partial charge in [0, 0.05) is 19.1 Å². The van der Waals surface area contributed by atoms with E-state index in [-0.39, 0.29) is 18.0 Å². The zero-order chi connectivity index (χ0) is 15.4. The van der Waals surface area contributed by atoms with Gasteiger partial charge in [0.2, 0.25) is 0 Å². The van der Waals surface area contributed by atoms with Gasteiger partial charge in [0.05, 0.1) is 5.92 Å². The van der Waals surface area contributed by atoms with Crippen LogP contribution >= 0.6 is 0 Å². The SMILES string of the molecule is CCC(NC(=O)N1C[C@@H](C)[C@H](C(=O)O)C1)C1CCCCC1. The molecule has 5 nitrogen and oxygen atoms in total. The largest absolute Gasteiger partial charge is 0.481 e. The maximum Gasteiger partial charge on any atom is 0.317 e. The number of urea groups is 1. The van der Waals surface area contributed by atoms with Crippen molar-refractivity contribution in [3.63, 3.8) is 0 Å². The van der Waals surface area contributed by atoms with Crippen molar-refractivity contribution in [1.82, 2.24) is 10.2 Å². The number of aliphatic carboxylic acids is 1. The van der Waals surface area contributed by atoms with Crippen LogP contribution in [0.25, 0.3) is 0 Å². The van der Waals surface area contributed by atoms with E-state index < -0.39 is 11.9 Å². The molecule has 3 atom stereocenters. The molecule has 1 unspecified atom stereocenters. The molecule has 1 saturated heterocycles. The summed E-state index contributed by atoms with van der Waals surface area (Å²) in [6.07, 6.45) is 7.19. The number of carboxylic acid groups (broad SMARTS) is 1. The molecule has 0 bridgehead atoms. The second-order valence-electron chi connectivity index (χ2n) is 6.69. The second kappa shape index (κ2) is 7.14. The Morgan fingerprint density at radius 3 is 2.43 bits per heavy atom. The number of rotatable bonds is 4. The predicted octanol–water partition coefficient (Wildman–Crippen LogP) is 2.71. The summed E-state index contributed by atoms with van der Waals surface area (Å²) in [7, 11) is 0. The van der Waals surface area contributed by atoms with Crippen LogP contribution in [0.1, 0.15) is 52.4 Å². The van der Waals surface area contributed by atoms with E-state index in [4.69, 9.17) is 5.11 Å². The van der Waals surface area contributed by atoms with Crippen LogP contribution in [0.4, 0.5) is 4.79 Å². The summed E-state index contributed by atoms with van der Waals surface area (Å²) in [5, 5.41) is 12.3. The van der Waals surface area contributed by atoms with E-state index in [9.17, 15) is 9.59 Å². The van der Waals surface area contributed by atoms with E-state index in [1.165, 1.54) is 32.1 Å². The number of amides is 2. The van der Waals surface area contributed by atoms with Gasteiger partial charge in [-0.3, -0.25) is 4.79 Å². The van der Waals surface area contributed by atoms with Crippen LogP contribution < -0.4 is 5.32 Å². The molecule has 0 aromatic carbocycles. The topological polar surface area (TPSA) is 69.6 Å². The van der Waals surface area contributed by atoms with E-state index >= 15 is 0 Å². The van der Waals surface area contributed by atoms with E-state index in [1.54, 1.807) is 4.90 Å². The number of hydrogen-bond acceptors (Lipinski definition) is 2. The number of hydrogen-bond donors (Lipinski definition) is 2. The average molecular weight is 296 g/mol. The molecule has 2 rings (SSSR count). The third-order valence-corrected chi connectivity index (χ3v) is 5.18. The summed E-state index contributed by atoms with van der Waals surface area (Å²) in [4.78, 5) is 25.2. The number of nitrogens with one attached hydrogen (secondary N) is 1. The summed E-state index contributed by atoms with van der Waals surface area (Å²) < 4.78 is 0. The lowest BCUT2D eigenvalue weighted by molar-refractivity contribution is -0.142. The highest BCUT2D eigenvalue weighted by molar-refractivity contribution is 5.77. The Bertz CT molecular complexity index is 380. The monoisotopic (exact) mass is 296 g/mol. The lowest BCUT2D eigenvalue weighted by atomic mass is 9.83. The first-order valence-electron chi connectivity index (χ1n) is 8.31. The van der Waals surface area contributed by atoms with Crippen molar-refractivity contribution >= 4 is 12.0 Å². The molecule has 2 amide bonds. The Labute approximate surface area is 127 Å². The average Bonchev–Trinajstić information content (AvgIpc) is 2.87. The summed E-state index contributed by atoms with van der Waals surface area (Å²) in [6.45, 7) is 4.91. The first-order valence-corrected chi connectivity index (χ1v) is 8.31. The Morgan fingerprint density at radius 2 is 1.90 bits per heavy atom. The highest BCUT2D eigenvalue weighted by atomic mass is 16.4.